The molecule has 0 amide bonds. The maximum Gasteiger partial charge on any atom is 0.200 e. The number of fused-ring (bicyclic) bond motifs is 2. The molecule has 3 aromatic rings. The van der Waals surface area contributed by atoms with E-state index in [1.807, 2.05) is 6.07 Å². The second-order valence-electron chi connectivity index (χ2n) is 3.75. The predicted octanol–water partition coefficient (Wildman–Crippen LogP) is 3.41. The smallest absolute Gasteiger partial charge is 0.200 e. The molecule has 0 aliphatic heterocycles. The van der Waals surface area contributed by atoms with Crippen LogP contribution in [0.1, 0.15) is 0 Å². The molecular formula is C13H7BrO3. The van der Waals surface area contributed by atoms with Crippen LogP contribution in [0.2, 0.25) is 0 Å². The Labute approximate surface area is 104 Å². The van der Waals surface area contributed by atoms with E-state index in [2.05, 4.69) is 15.9 Å². The van der Waals surface area contributed by atoms with Crippen molar-refractivity contribution < 1.29 is 9.52 Å². The van der Waals surface area contributed by atoms with Crippen LogP contribution in [-0.4, -0.2) is 5.11 Å². The van der Waals surface area contributed by atoms with E-state index in [1.165, 1.54) is 12.1 Å². The van der Waals surface area contributed by atoms with Crippen molar-refractivity contribution in [3.05, 3.63) is 51.1 Å². The van der Waals surface area contributed by atoms with Crippen LogP contribution in [0.15, 0.2) is 50.1 Å². The highest BCUT2D eigenvalue weighted by atomic mass is 79.9. The lowest BCUT2D eigenvalue weighted by molar-refractivity contribution is 0.475. The standard InChI is InChI=1S/C13H7BrO3/c14-7-1-3-11-9(5-7)13(16)10-6-8(15)2-4-12(10)17-11/h1-6,15H. The van der Waals surface area contributed by atoms with Gasteiger partial charge < -0.3 is 9.52 Å². The molecule has 2 aromatic carbocycles. The first kappa shape index (κ1) is 10.4. The van der Waals surface area contributed by atoms with Crippen LogP contribution in [0.4, 0.5) is 0 Å². The number of phenols is 1. The van der Waals surface area contributed by atoms with Gasteiger partial charge in [0.15, 0.2) is 0 Å². The Morgan fingerprint density at radius 2 is 1.65 bits per heavy atom. The Morgan fingerprint density at radius 1 is 1.00 bits per heavy atom. The van der Waals surface area contributed by atoms with E-state index in [9.17, 15) is 9.90 Å². The summed E-state index contributed by atoms with van der Waals surface area (Å²) in [6, 6.07) is 9.78. The van der Waals surface area contributed by atoms with Crippen molar-refractivity contribution in [2.75, 3.05) is 0 Å². The molecule has 0 bridgehead atoms. The third-order valence-corrected chi connectivity index (χ3v) is 3.11. The molecule has 0 aliphatic rings. The van der Waals surface area contributed by atoms with Gasteiger partial charge in [0.25, 0.3) is 0 Å². The first-order chi connectivity index (χ1) is 8.15. The van der Waals surface area contributed by atoms with E-state index in [0.29, 0.717) is 21.9 Å². The molecule has 1 aromatic heterocycles. The van der Waals surface area contributed by atoms with Gasteiger partial charge in [0.2, 0.25) is 5.43 Å². The summed E-state index contributed by atoms with van der Waals surface area (Å²) in [6.45, 7) is 0. The Balaban J connectivity index is 2.58. The normalized spacial score (nSPS) is 11.1. The second kappa shape index (κ2) is 3.60. The summed E-state index contributed by atoms with van der Waals surface area (Å²) in [4.78, 5) is 12.2. The van der Waals surface area contributed by atoms with Gasteiger partial charge in [-0.25, -0.2) is 0 Å². The molecule has 17 heavy (non-hydrogen) atoms. The van der Waals surface area contributed by atoms with Gasteiger partial charge >= 0.3 is 0 Å². The van der Waals surface area contributed by atoms with E-state index in [0.717, 1.165) is 4.47 Å². The molecule has 0 atom stereocenters. The average Bonchev–Trinajstić information content (AvgIpc) is 2.32. The molecular weight excluding hydrogens is 284 g/mol. The summed E-state index contributed by atoms with van der Waals surface area (Å²) < 4.78 is 6.42. The van der Waals surface area contributed by atoms with Crippen LogP contribution in [0.25, 0.3) is 21.9 Å². The highest BCUT2D eigenvalue weighted by molar-refractivity contribution is 9.10. The lowest BCUT2D eigenvalue weighted by Crippen LogP contribution is -2.01. The first-order valence-electron chi connectivity index (χ1n) is 5.00. The second-order valence-corrected chi connectivity index (χ2v) is 4.67. The molecule has 1 N–H and O–H groups in total. The third kappa shape index (κ3) is 1.61. The Morgan fingerprint density at radius 3 is 2.41 bits per heavy atom. The highest BCUT2D eigenvalue weighted by Crippen LogP contribution is 2.23. The third-order valence-electron chi connectivity index (χ3n) is 2.61. The number of hydrogen-bond acceptors (Lipinski definition) is 3. The van der Waals surface area contributed by atoms with Gasteiger partial charge in [-0.05, 0) is 36.4 Å². The van der Waals surface area contributed by atoms with E-state index in [1.54, 1.807) is 18.2 Å². The largest absolute Gasteiger partial charge is 0.508 e. The fourth-order valence-corrected chi connectivity index (χ4v) is 2.18. The average molecular weight is 291 g/mol. The van der Waals surface area contributed by atoms with Gasteiger partial charge in [-0.1, -0.05) is 15.9 Å². The molecule has 0 unspecified atom stereocenters. The van der Waals surface area contributed by atoms with E-state index in [4.69, 9.17) is 4.42 Å². The van der Waals surface area contributed by atoms with Crippen LogP contribution >= 0.6 is 15.9 Å². The fourth-order valence-electron chi connectivity index (χ4n) is 1.82. The van der Waals surface area contributed by atoms with Crippen molar-refractivity contribution in [1.29, 1.82) is 0 Å². The zero-order chi connectivity index (χ0) is 12.0. The number of benzene rings is 2. The highest BCUT2D eigenvalue weighted by Gasteiger charge is 2.08. The molecule has 3 nitrogen and oxygen atoms in total. The monoisotopic (exact) mass is 290 g/mol. The Bertz CT molecular complexity index is 727. The Hall–Kier alpha value is -1.81. The van der Waals surface area contributed by atoms with Crippen LogP contribution < -0.4 is 5.43 Å². The van der Waals surface area contributed by atoms with Gasteiger partial charge in [-0.15, -0.1) is 0 Å². The molecule has 0 saturated heterocycles. The van der Waals surface area contributed by atoms with E-state index in [-0.39, 0.29) is 11.2 Å². The number of halogens is 1. The zero-order valence-corrected chi connectivity index (χ0v) is 10.2. The van der Waals surface area contributed by atoms with Gasteiger partial charge in [0.1, 0.15) is 16.9 Å². The Kier molecular flexibility index (Phi) is 2.19. The van der Waals surface area contributed by atoms with E-state index < -0.39 is 0 Å². The molecule has 0 saturated carbocycles. The number of hydrogen-bond donors (Lipinski definition) is 1. The van der Waals surface area contributed by atoms with Gasteiger partial charge in [-0.3, -0.25) is 4.79 Å². The lowest BCUT2D eigenvalue weighted by atomic mass is 10.1. The summed E-state index contributed by atoms with van der Waals surface area (Å²) in [5.41, 5.74) is 0.873. The van der Waals surface area contributed by atoms with Crippen molar-refractivity contribution in [3.8, 4) is 5.75 Å². The van der Waals surface area contributed by atoms with Gasteiger partial charge in [0, 0.05) is 4.47 Å². The van der Waals surface area contributed by atoms with Crippen LogP contribution in [0.5, 0.6) is 5.75 Å². The molecule has 4 heteroatoms. The molecule has 0 spiro atoms. The summed E-state index contributed by atoms with van der Waals surface area (Å²) in [5.74, 6) is 0.0548. The number of rotatable bonds is 0. The van der Waals surface area contributed by atoms with Crippen molar-refractivity contribution in [2.24, 2.45) is 0 Å². The van der Waals surface area contributed by atoms with E-state index >= 15 is 0 Å². The molecule has 0 radical (unpaired) electrons. The van der Waals surface area contributed by atoms with Crippen molar-refractivity contribution in [1.82, 2.24) is 0 Å². The SMILES string of the molecule is O=c1c2cc(O)ccc2oc2ccc(Br)cc12. The van der Waals surface area contributed by atoms with Gasteiger partial charge in [-0.2, -0.15) is 0 Å². The lowest BCUT2D eigenvalue weighted by Gasteiger charge is -2.02. The summed E-state index contributed by atoms with van der Waals surface area (Å²) >= 11 is 3.32. The number of phenolic OH excluding ortho intramolecular Hbond substituents is 1. The first-order valence-corrected chi connectivity index (χ1v) is 5.79. The molecule has 0 aliphatic carbocycles. The molecule has 3 rings (SSSR count). The maximum absolute atomic E-state index is 12.2. The van der Waals surface area contributed by atoms with Crippen LogP contribution in [0.3, 0.4) is 0 Å². The maximum atomic E-state index is 12.2. The minimum Gasteiger partial charge on any atom is -0.508 e. The number of aromatic hydroxyl groups is 1. The predicted molar refractivity (Wildman–Crippen MR) is 69.4 cm³/mol. The zero-order valence-electron chi connectivity index (χ0n) is 8.61. The van der Waals surface area contributed by atoms with Crippen LogP contribution in [-0.2, 0) is 0 Å². The van der Waals surface area contributed by atoms with Crippen molar-refractivity contribution >= 4 is 37.9 Å². The summed E-state index contributed by atoms with van der Waals surface area (Å²) in [6.07, 6.45) is 0. The molecule has 84 valence electrons. The quantitative estimate of drug-likeness (QED) is 0.646. The summed E-state index contributed by atoms with van der Waals surface area (Å²) in [5, 5.41) is 10.3. The summed E-state index contributed by atoms with van der Waals surface area (Å²) in [7, 11) is 0. The van der Waals surface area contributed by atoms with Gasteiger partial charge in [0.05, 0.1) is 10.8 Å². The van der Waals surface area contributed by atoms with Crippen molar-refractivity contribution in [2.45, 2.75) is 0 Å². The fraction of sp³-hybridized carbons (Fsp3) is 0. The minimum atomic E-state index is -0.140. The van der Waals surface area contributed by atoms with Crippen molar-refractivity contribution in [3.63, 3.8) is 0 Å². The molecule has 1 heterocycles. The topological polar surface area (TPSA) is 50.4 Å². The van der Waals surface area contributed by atoms with Crippen LogP contribution in [0, 0.1) is 0 Å². The minimum absolute atomic E-state index is 0.0548. The molecule has 0 fully saturated rings.